The highest BCUT2D eigenvalue weighted by Crippen LogP contribution is 2.00. The minimum atomic E-state index is 0.938. The lowest BCUT2D eigenvalue weighted by Crippen LogP contribution is -2.05. The summed E-state index contributed by atoms with van der Waals surface area (Å²) in [5.41, 5.74) is 3.46. The molecule has 0 spiro atoms. The SMILES string of the molecule is CO.NNc1ccccc1. The molecule has 1 aromatic rings. The van der Waals surface area contributed by atoms with Crippen molar-refractivity contribution in [1.29, 1.82) is 0 Å². The topological polar surface area (TPSA) is 58.3 Å². The number of hydrogen-bond acceptors (Lipinski definition) is 3. The predicted molar refractivity (Wildman–Crippen MR) is 42.4 cm³/mol. The molecule has 0 unspecified atom stereocenters. The van der Waals surface area contributed by atoms with Crippen LogP contribution in [0.3, 0.4) is 0 Å². The summed E-state index contributed by atoms with van der Waals surface area (Å²) >= 11 is 0. The molecule has 1 rings (SSSR count). The molecule has 0 bridgehead atoms. The zero-order valence-electron chi connectivity index (χ0n) is 5.91. The zero-order valence-corrected chi connectivity index (χ0v) is 5.91. The van der Waals surface area contributed by atoms with E-state index < -0.39 is 0 Å². The fourth-order valence-corrected chi connectivity index (χ4v) is 0.534. The van der Waals surface area contributed by atoms with Gasteiger partial charge >= 0.3 is 0 Å². The Bertz CT molecular complexity index is 153. The van der Waals surface area contributed by atoms with E-state index in [9.17, 15) is 0 Å². The summed E-state index contributed by atoms with van der Waals surface area (Å²) in [4.78, 5) is 0. The number of nitrogens with one attached hydrogen (secondary N) is 1. The average molecular weight is 140 g/mol. The van der Waals surface area contributed by atoms with Crippen molar-refractivity contribution >= 4 is 5.69 Å². The zero-order chi connectivity index (χ0) is 7.82. The summed E-state index contributed by atoms with van der Waals surface area (Å²) in [6.45, 7) is 0. The van der Waals surface area contributed by atoms with Crippen LogP contribution in [-0.2, 0) is 0 Å². The molecule has 3 heteroatoms. The van der Waals surface area contributed by atoms with Crippen molar-refractivity contribution in [2.45, 2.75) is 0 Å². The van der Waals surface area contributed by atoms with Gasteiger partial charge in [0.2, 0.25) is 0 Å². The first kappa shape index (κ1) is 8.94. The standard InChI is InChI=1S/C6H8N2.CH4O/c7-8-6-4-2-1-3-5-6;1-2/h1-5,8H,7H2;2H,1H3. The molecule has 56 valence electrons. The second-order valence-electron chi connectivity index (χ2n) is 1.51. The molecule has 0 saturated carbocycles. The number of hydrazine groups is 1. The first-order chi connectivity index (χ1) is 4.93. The summed E-state index contributed by atoms with van der Waals surface area (Å²) in [5.74, 6) is 5.10. The maximum atomic E-state index is 7.00. The van der Waals surface area contributed by atoms with Gasteiger partial charge in [0.15, 0.2) is 0 Å². The third-order valence-corrected chi connectivity index (χ3v) is 0.940. The Kier molecular flexibility index (Phi) is 5.42. The first-order valence-corrected chi connectivity index (χ1v) is 2.90. The Morgan fingerprint density at radius 3 is 2.00 bits per heavy atom. The molecule has 0 fully saturated rings. The van der Waals surface area contributed by atoms with Crippen molar-refractivity contribution in [1.82, 2.24) is 0 Å². The van der Waals surface area contributed by atoms with Crippen LogP contribution in [0, 0.1) is 0 Å². The molecule has 0 aliphatic rings. The van der Waals surface area contributed by atoms with E-state index >= 15 is 0 Å². The van der Waals surface area contributed by atoms with Gasteiger partial charge in [-0.2, -0.15) is 0 Å². The summed E-state index contributed by atoms with van der Waals surface area (Å²) < 4.78 is 0. The van der Waals surface area contributed by atoms with Crippen LogP contribution in [0.25, 0.3) is 0 Å². The molecular formula is C7H12N2O. The number of aliphatic hydroxyl groups is 1. The quantitative estimate of drug-likeness (QED) is 0.395. The molecule has 0 aliphatic heterocycles. The van der Waals surface area contributed by atoms with E-state index in [1.807, 2.05) is 30.3 Å². The van der Waals surface area contributed by atoms with E-state index in [0.717, 1.165) is 12.8 Å². The van der Waals surface area contributed by atoms with Crippen LogP contribution >= 0.6 is 0 Å². The summed E-state index contributed by atoms with van der Waals surface area (Å²) in [7, 11) is 1.00. The molecule has 10 heavy (non-hydrogen) atoms. The molecule has 0 radical (unpaired) electrons. The van der Waals surface area contributed by atoms with Gasteiger partial charge in [-0.25, -0.2) is 0 Å². The lowest BCUT2D eigenvalue weighted by atomic mass is 10.3. The minimum absolute atomic E-state index is 0.938. The number of nitrogens with two attached hydrogens (primary N) is 1. The summed E-state index contributed by atoms with van der Waals surface area (Å²) in [6, 6.07) is 9.60. The van der Waals surface area contributed by atoms with Gasteiger partial charge in [0.25, 0.3) is 0 Å². The Morgan fingerprint density at radius 1 is 1.20 bits per heavy atom. The fourth-order valence-electron chi connectivity index (χ4n) is 0.534. The maximum absolute atomic E-state index is 7.00. The van der Waals surface area contributed by atoms with Crippen LogP contribution in [0.15, 0.2) is 30.3 Å². The molecule has 0 saturated heterocycles. The van der Waals surface area contributed by atoms with Crippen molar-refractivity contribution in [2.24, 2.45) is 5.84 Å². The number of anilines is 1. The Morgan fingerprint density at radius 2 is 1.70 bits per heavy atom. The number of para-hydroxylation sites is 1. The largest absolute Gasteiger partial charge is 0.400 e. The number of benzene rings is 1. The van der Waals surface area contributed by atoms with Crippen molar-refractivity contribution < 1.29 is 5.11 Å². The highest BCUT2D eigenvalue weighted by atomic mass is 16.2. The Labute approximate surface area is 60.5 Å². The Hall–Kier alpha value is -1.06. The van der Waals surface area contributed by atoms with Gasteiger partial charge in [0.05, 0.1) is 0 Å². The van der Waals surface area contributed by atoms with Gasteiger partial charge in [-0.15, -0.1) is 0 Å². The Balaban J connectivity index is 0.000000371. The van der Waals surface area contributed by atoms with Crippen LogP contribution in [0.4, 0.5) is 5.69 Å². The van der Waals surface area contributed by atoms with Crippen LogP contribution in [0.5, 0.6) is 0 Å². The van der Waals surface area contributed by atoms with Crippen LogP contribution in [0.2, 0.25) is 0 Å². The van der Waals surface area contributed by atoms with E-state index in [2.05, 4.69) is 5.43 Å². The normalized spacial score (nSPS) is 7.50. The number of nitrogen functional groups attached to an aromatic ring is 1. The first-order valence-electron chi connectivity index (χ1n) is 2.90. The van der Waals surface area contributed by atoms with Crippen LogP contribution in [-0.4, -0.2) is 12.2 Å². The number of aliphatic hydroxyl groups excluding tert-OH is 1. The van der Waals surface area contributed by atoms with Crippen molar-refractivity contribution in [3.05, 3.63) is 30.3 Å². The minimum Gasteiger partial charge on any atom is -0.400 e. The van der Waals surface area contributed by atoms with Crippen LogP contribution in [0.1, 0.15) is 0 Å². The molecule has 0 aromatic heterocycles. The van der Waals surface area contributed by atoms with Gasteiger partial charge in [-0.3, -0.25) is 5.84 Å². The van der Waals surface area contributed by atoms with E-state index in [1.165, 1.54) is 0 Å². The number of hydrogen-bond donors (Lipinski definition) is 3. The smallest absolute Gasteiger partial charge is 0.0485 e. The molecular weight excluding hydrogens is 128 g/mol. The lowest BCUT2D eigenvalue weighted by Gasteiger charge is -1.94. The molecule has 0 heterocycles. The van der Waals surface area contributed by atoms with Crippen molar-refractivity contribution in [3.8, 4) is 0 Å². The van der Waals surface area contributed by atoms with Crippen molar-refractivity contribution in [2.75, 3.05) is 12.5 Å². The maximum Gasteiger partial charge on any atom is 0.0485 e. The van der Waals surface area contributed by atoms with Gasteiger partial charge in [-0.1, -0.05) is 18.2 Å². The third-order valence-electron chi connectivity index (χ3n) is 0.940. The predicted octanol–water partition coefficient (Wildman–Crippen LogP) is 0.581. The van der Waals surface area contributed by atoms with Gasteiger partial charge in [-0.05, 0) is 12.1 Å². The van der Waals surface area contributed by atoms with E-state index in [0.29, 0.717) is 0 Å². The number of rotatable bonds is 1. The van der Waals surface area contributed by atoms with Gasteiger partial charge < -0.3 is 10.5 Å². The van der Waals surface area contributed by atoms with Crippen LogP contribution < -0.4 is 11.3 Å². The monoisotopic (exact) mass is 140 g/mol. The fraction of sp³-hybridized carbons (Fsp3) is 0.143. The highest BCUT2D eigenvalue weighted by Gasteiger charge is 1.78. The van der Waals surface area contributed by atoms with E-state index in [1.54, 1.807) is 0 Å². The summed E-state index contributed by atoms with van der Waals surface area (Å²) in [6.07, 6.45) is 0. The summed E-state index contributed by atoms with van der Waals surface area (Å²) in [5, 5.41) is 7.00. The lowest BCUT2D eigenvalue weighted by molar-refractivity contribution is 0.399. The van der Waals surface area contributed by atoms with Gasteiger partial charge in [0, 0.05) is 12.8 Å². The molecule has 0 atom stereocenters. The molecule has 0 aliphatic carbocycles. The third kappa shape index (κ3) is 3.06. The van der Waals surface area contributed by atoms with Crippen molar-refractivity contribution in [3.63, 3.8) is 0 Å². The van der Waals surface area contributed by atoms with E-state index in [-0.39, 0.29) is 0 Å². The van der Waals surface area contributed by atoms with Gasteiger partial charge in [0.1, 0.15) is 0 Å². The second kappa shape index (κ2) is 6.07. The molecule has 0 amide bonds. The average Bonchev–Trinajstić information content (AvgIpc) is 2.10. The second-order valence-corrected chi connectivity index (χ2v) is 1.51. The highest BCUT2D eigenvalue weighted by molar-refractivity contribution is 5.40. The van der Waals surface area contributed by atoms with E-state index in [4.69, 9.17) is 10.9 Å². The molecule has 1 aromatic carbocycles. The molecule has 4 N–H and O–H groups in total. The molecule has 3 nitrogen and oxygen atoms in total.